The highest BCUT2D eigenvalue weighted by atomic mass is 16.6. The van der Waals surface area contributed by atoms with E-state index < -0.39 is 4.92 Å². The zero-order chi connectivity index (χ0) is 20.6. The normalized spacial score (nSPS) is 13.7. The Morgan fingerprint density at radius 2 is 1.83 bits per heavy atom. The van der Waals surface area contributed by atoms with Crippen molar-refractivity contribution in [3.05, 3.63) is 70.3 Å². The van der Waals surface area contributed by atoms with Gasteiger partial charge in [0.05, 0.1) is 4.92 Å². The highest BCUT2D eigenvalue weighted by Gasteiger charge is 2.21. The zero-order valence-electron chi connectivity index (χ0n) is 15.8. The van der Waals surface area contributed by atoms with E-state index in [0.717, 1.165) is 29.9 Å². The number of nitro groups is 1. The van der Waals surface area contributed by atoms with Gasteiger partial charge < -0.3 is 15.5 Å². The molecule has 0 bridgehead atoms. The van der Waals surface area contributed by atoms with Crippen LogP contribution >= 0.6 is 0 Å². The van der Waals surface area contributed by atoms with Gasteiger partial charge in [-0.2, -0.15) is 0 Å². The molecule has 2 aromatic carbocycles. The Kier molecular flexibility index (Phi) is 6.57. The van der Waals surface area contributed by atoms with Crippen LogP contribution in [0.3, 0.4) is 0 Å². The fraction of sp³-hybridized carbons (Fsp3) is 0.238. The summed E-state index contributed by atoms with van der Waals surface area (Å²) < 4.78 is 0. The van der Waals surface area contributed by atoms with Crippen molar-refractivity contribution >= 4 is 35.0 Å². The van der Waals surface area contributed by atoms with Crippen LogP contribution in [0.2, 0.25) is 0 Å². The standard InChI is InChI=1S/C21H22N4O4/c26-20(23-14-13-22-17-6-10-19(11-7-17)25(28)29)12-5-16-3-8-18(9-4-16)24-15-1-2-21(24)27/h3-12,22H,1-2,13-15H2,(H,23,26)/b12-5+. The van der Waals surface area contributed by atoms with Crippen molar-refractivity contribution in [2.75, 3.05) is 29.9 Å². The first kappa shape index (κ1) is 20.1. The first-order valence-electron chi connectivity index (χ1n) is 9.37. The number of amides is 2. The predicted octanol–water partition coefficient (Wildman–Crippen LogP) is 2.96. The van der Waals surface area contributed by atoms with Crippen molar-refractivity contribution in [1.82, 2.24) is 5.32 Å². The van der Waals surface area contributed by atoms with Crippen LogP contribution in [0.1, 0.15) is 18.4 Å². The quantitative estimate of drug-likeness (QED) is 0.310. The van der Waals surface area contributed by atoms with Gasteiger partial charge in [0.2, 0.25) is 11.8 Å². The molecular formula is C21H22N4O4. The number of hydrogen-bond donors (Lipinski definition) is 2. The van der Waals surface area contributed by atoms with Gasteiger partial charge in [0, 0.05) is 55.6 Å². The van der Waals surface area contributed by atoms with Gasteiger partial charge >= 0.3 is 0 Å². The zero-order valence-corrected chi connectivity index (χ0v) is 15.8. The average Bonchev–Trinajstić information content (AvgIpc) is 3.16. The molecule has 0 radical (unpaired) electrons. The van der Waals surface area contributed by atoms with E-state index in [9.17, 15) is 19.7 Å². The van der Waals surface area contributed by atoms with Gasteiger partial charge in [-0.05, 0) is 42.3 Å². The van der Waals surface area contributed by atoms with Crippen molar-refractivity contribution in [3.8, 4) is 0 Å². The number of anilines is 2. The largest absolute Gasteiger partial charge is 0.383 e. The minimum atomic E-state index is -0.449. The van der Waals surface area contributed by atoms with E-state index in [-0.39, 0.29) is 17.5 Å². The highest BCUT2D eigenvalue weighted by Crippen LogP contribution is 2.21. The topological polar surface area (TPSA) is 105 Å². The molecule has 150 valence electrons. The van der Waals surface area contributed by atoms with Crippen LogP contribution in [0.5, 0.6) is 0 Å². The molecule has 3 rings (SSSR count). The Hall–Kier alpha value is -3.68. The molecular weight excluding hydrogens is 372 g/mol. The molecule has 1 aliphatic rings. The molecule has 1 heterocycles. The lowest BCUT2D eigenvalue weighted by Crippen LogP contribution is -2.27. The summed E-state index contributed by atoms with van der Waals surface area (Å²) in [7, 11) is 0. The fourth-order valence-electron chi connectivity index (χ4n) is 3.01. The third-order valence-electron chi connectivity index (χ3n) is 4.54. The molecule has 2 N–H and O–H groups in total. The Morgan fingerprint density at radius 3 is 2.45 bits per heavy atom. The molecule has 0 atom stereocenters. The van der Waals surface area contributed by atoms with Gasteiger partial charge in [-0.25, -0.2) is 0 Å². The minimum absolute atomic E-state index is 0.0362. The molecule has 2 amide bonds. The lowest BCUT2D eigenvalue weighted by Gasteiger charge is -2.15. The molecule has 0 spiro atoms. The second kappa shape index (κ2) is 9.50. The summed E-state index contributed by atoms with van der Waals surface area (Å²) in [6.45, 7) is 1.66. The molecule has 0 aliphatic carbocycles. The van der Waals surface area contributed by atoms with Crippen LogP contribution in [0.15, 0.2) is 54.6 Å². The van der Waals surface area contributed by atoms with E-state index in [1.165, 1.54) is 18.2 Å². The average molecular weight is 394 g/mol. The number of benzene rings is 2. The lowest BCUT2D eigenvalue weighted by atomic mass is 10.2. The maximum Gasteiger partial charge on any atom is 0.269 e. The summed E-state index contributed by atoms with van der Waals surface area (Å²) in [4.78, 5) is 35.6. The van der Waals surface area contributed by atoms with Crippen LogP contribution in [0.25, 0.3) is 6.08 Å². The summed E-state index contributed by atoms with van der Waals surface area (Å²) in [5, 5.41) is 16.5. The maximum absolute atomic E-state index is 11.9. The maximum atomic E-state index is 11.9. The minimum Gasteiger partial charge on any atom is -0.383 e. The summed E-state index contributed by atoms with van der Waals surface area (Å²) in [5.41, 5.74) is 2.54. The van der Waals surface area contributed by atoms with Crippen molar-refractivity contribution in [2.24, 2.45) is 0 Å². The number of nitro benzene ring substituents is 1. The van der Waals surface area contributed by atoms with E-state index >= 15 is 0 Å². The Balaban J connectivity index is 1.40. The molecule has 0 saturated carbocycles. The molecule has 1 aliphatic heterocycles. The van der Waals surface area contributed by atoms with Crippen molar-refractivity contribution in [2.45, 2.75) is 12.8 Å². The molecule has 1 fully saturated rings. The smallest absolute Gasteiger partial charge is 0.269 e. The van der Waals surface area contributed by atoms with E-state index in [0.29, 0.717) is 19.5 Å². The number of nitrogens with zero attached hydrogens (tertiary/aromatic N) is 2. The van der Waals surface area contributed by atoms with Crippen LogP contribution < -0.4 is 15.5 Å². The van der Waals surface area contributed by atoms with Gasteiger partial charge in [-0.3, -0.25) is 19.7 Å². The second-order valence-electron chi connectivity index (χ2n) is 6.60. The number of carbonyl (C=O) groups excluding carboxylic acids is 2. The molecule has 2 aromatic rings. The van der Waals surface area contributed by atoms with Gasteiger partial charge in [0.1, 0.15) is 0 Å². The second-order valence-corrected chi connectivity index (χ2v) is 6.60. The summed E-state index contributed by atoms with van der Waals surface area (Å²) in [6, 6.07) is 13.6. The van der Waals surface area contributed by atoms with Crippen LogP contribution in [-0.2, 0) is 9.59 Å². The molecule has 1 saturated heterocycles. The van der Waals surface area contributed by atoms with E-state index in [4.69, 9.17) is 0 Å². The number of carbonyl (C=O) groups is 2. The van der Waals surface area contributed by atoms with E-state index in [1.54, 1.807) is 23.1 Å². The fourth-order valence-corrected chi connectivity index (χ4v) is 3.01. The van der Waals surface area contributed by atoms with Crippen molar-refractivity contribution in [1.29, 1.82) is 0 Å². The van der Waals surface area contributed by atoms with Crippen LogP contribution in [0, 0.1) is 10.1 Å². The third kappa shape index (κ3) is 5.65. The van der Waals surface area contributed by atoms with Gasteiger partial charge in [-0.15, -0.1) is 0 Å². The summed E-state index contributed by atoms with van der Waals surface area (Å²) in [6.07, 6.45) is 4.66. The number of non-ortho nitro benzene ring substituents is 1. The van der Waals surface area contributed by atoms with E-state index in [2.05, 4.69) is 10.6 Å². The van der Waals surface area contributed by atoms with Crippen molar-refractivity contribution in [3.63, 3.8) is 0 Å². The van der Waals surface area contributed by atoms with E-state index in [1.807, 2.05) is 24.3 Å². The van der Waals surface area contributed by atoms with Gasteiger partial charge in [-0.1, -0.05) is 12.1 Å². The number of nitrogens with one attached hydrogen (secondary N) is 2. The highest BCUT2D eigenvalue weighted by molar-refractivity contribution is 5.95. The lowest BCUT2D eigenvalue weighted by molar-refractivity contribution is -0.384. The molecule has 8 nitrogen and oxygen atoms in total. The summed E-state index contributed by atoms with van der Waals surface area (Å²) >= 11 is 0. The van der Waals surface area contributed by atoms with Gasteiger partial charge in [0.25, 0.3) is 5.69 Å². The molecule has 0 unspecified atom stereocenters. The monoisotopic (exact) mass is 394 g/mol. The SMILES string of the molecule is O=C(/C=C/c1ccc(N2CCCC2=O)cc1)NCCNc1ccc([N+](=O)[O-])cc1. The van der Waals surface area contributed by atoms with Crippen LogP contribution in [0.4, 0.5) is 17.1 Å². The first-order chi connectivity index (χ1) is 14.0. The Labute approximate surface area is 168 Å². The Morgan fingerprint density at radius 1 is 1.10 bits per heavy atom. The number of hydrogen-bond acceptors (Lipinski definition) is 5. The predicted molar refractivity (Wildman–Crippen MR) is 112 cm³/mol. The third-order valence-corrected chi connectivity index (χ3v) is 4.54. The molecule has 29 heavy (non-hydrogen) atoms. The Bertz CT molecular complexity index is 907. The summed E-state index contributed by atoms with van der Waals surface area (Å²) in [5.74, 6) is -0.0655. The van der Waals surface area contributed by atoms with Gasteiger partial charge in [0.15, 0.2) is 0 Å². The number of rotatable bonds is 8. The van der Waals surface area contributed by atoms with Crippen LogP contribution in [-0.4, -0.2) is 36.4 Å². The first-order valence-corrected chi connectivity index (χ1v) is 9.37. The molecule has 0 aromatic heterocycles. The van der Waals surface area contributed by atoms with Crippen molar-refractivity contribution < 1.29 is 14.5 Å². The molecule has 8 heteroatoms.